The zero-order valence-corrected chi connectivity index (χ0v) is 10.8. The van der Waals surface area contributed by atoms with Crippen molar-refractivity contribution in [2.45, 2.75) is 63.8 Å². The summed E-state index contributed by atoms with van der Waals surface area (Å²) in [6.45, 7) is 0. The zero-order valence-electron chi connectivity index (χ0n) is 10.8. The fourth-order valence-electron chi connectivity index (χ4n) is 4.90. The number of hydrogen-bond acceptors (Lipinski definition) is 1. The molecule has 1 N–H and O–H groups in total. The maximum absolute atomic E-state index is 3.66. The average molecular weight is 221 g/mol. The largest absolute Gasteiger partial charge is 0.317 e. The molecule has 0 aliphatic heterocycles. The van der Waals surface area contributed by atoms with Crippen molar-refractivity contribution >= 4 is 0 Å². The quantitative estimate of drug-likeness (QED) is 0.765. The van der Waals surface area contributed by atoms with Gasteiger partial charge in [0.05, 0.1) is 0 Å². The lowest BCUT2D eigenvalue weighted by atomic mass is 9.79. The number of nitrogens with one attached hydrogen (secondary N) is 1. The molecule has 0 spiro atoms. The second-order valence-corrected chi connectivity index (χ2v) is 6.62. The Labute approximate surface area is 100 Å². The van der Waals surface area contributed by atoms with Crippen LogP contribution in [0.3, 0.4) is 0 Å². The molecule has 1 heteroatoms. The molecular weight excluding hydrogens is 194 g/mol. The van der Waals surface area contributed by atoms with Gasteiger partial charge >= 0.3 is 0 Å². The van der Waals surface area contributed by atoms with Gasteiger partial charge in [-0.05, 0) is 56.4 Å². The van der Waals surface area contributed by atoms with E-state index in [1.165, 1.54) is 38.5 Å². The lowest BCUT2D eigenvalue weighted by molar-refractivity contribution is 0.225. The third-order valence-electron chi connectivity index (χ3n) is 5.74. The highest BCUT2D eigenvalue weighted by atomic mass is 14.9. The van der Waals surface area contributed by atoms with Crippen molar-refractivity contribution in [2.75, 3.05) is 7.05 Å². The Kier molecular flexibility index (Phi) is 3.24. The van der Waals surface area contributed by atoms with Crippen LogP contribution in [0.2, 0.25) is 0 Å². The van der Waals surface area contributed by atoms with Crippen LogP contribution in [0.25, 0.3) is 0 Å². The van der Waals surface area contributed by atoms with Gasteiger partial charge in [-0.3, -0.25) is 0 Å². The molecule has 4 atom stereocenters. The van der Waals surface area contributed by atoms with Crippen molar-refractivity contribution < 1.29 is 0 Å². The fraction of sp³-hybridized carbons (Fsp3) is 1.00. The molecule has 3 fully saturated rings. The molecule has 0 aromatic rings. The van der Waals surface area contributed by atoms with Gasteiger partial charge in [0.2, 0.25) is 0 Å². The van der Waals surface area contributed by atoms with Gasteiger partial charge in [-0.15, -0.1) is 0 Å². The molecular formula is C15H27N. The number of hydrogen-bond donors (Lipinski definition) is 1. The predicted octanol–water partition coefficient (Wildman–Crippen LogP) is 3.59. The van der Waals surface area contributed by atoms with Crippen LogP contribution < -0.4 is 5.32 Å². The Bertz CT molecular complexity index is 232. The maximum Gasteiger partial charge on any atom is 0.00977 e. The van der Waals surface area contributed by atoms with Crippen LogP contribution in [0, 0.1) is 23.7 Å². The van der Waals surface area contributed by atoms with E-state index in [-0.39, 0.29) is 0 Å². The first-order valence-corrected chi connectivity index (χ1v) is 7.54. The molecule has 92 valence electrons. The van der Waals surface area contributed by atoms with Gasteiger partial charge in [-0.25, -0.2) is 0 Å². The molecule has 3 aliphatic carbocycles. The van der Waals surface area contributed by atoms with Crippen molar-refractivity contribution in [2.24, 2.45) is 23.7 Å². The van der Waals surface area contributed by atoms with Crippen LogP contribution in [0.1, 0.15) is 57.8 Å². The summed E-state index contributed by atoms with van der Waals surface area (Å²) >= 11 is 0. The highest BCUT2D eigenvalue weighted by molar-refractivity contribution is 4.95. The summed E-state index contributed by atoms with van der Waals surface area (Å²) in [7, 11) is 2.20. The van der Waals surface area contributed by atoms with Crippen molar-refractivity contribution in [3.63, 3.8) is 0 Å². The van der Waals surface area contributed by atoms with Crippen LogP contribution in [-0.2, 0) is 0 Å². The third-order valence-corrected chi connectivity index (χ3v) is 5.74. The monoisotopic (exact) mass is 221 g/mol. The fourth-order valence-corrected chi connectivity index (χ4v) is 4.90. The molecule has 4 unspecified atom stereocenters. The molecule has 0 amide bonds. The van der Waals surface area contributed by atoms with E-state index < -0.39 is 0 Å². The molecule has 0 radical (unpaired) electrons. The molecule has 0 aromatic heterocycles. The molecule has 3 rings (SSSR count). The molecule has 16 heavy (non-hydrogen) atoms. The van der Waals surface area contributed by atoms with Gasteiger partial charge in [0.1, 0.15) is 0 Å². The smallest absolute Gasteiger partial charge is 0.00977 e. The Hall–Kier alpha value is -0.0400. The van der Waals surface area contributed by atoms with E-state index in [1.54, 1.807) is 19.3 Å². The first-order valence-electron chi connectivity index (χ1n) is 7.54. The normalized spacial score (nSPS) is 40.7. The van der Waals surface area contributed by atoms with Crippen LogP contribution in [0.15, 0.2) is 0 Å². The summed E-state index contributed by atoms with van der Waals surface area (Å²) in [5.41, 5.74) is 0. The van der Waals surface area contributed by atoms with Gasteiger partial charge in [0.25, 0.3) is 0 Å². The van der Waals surface area contributed by atoms with Gasteiger partial charge in [-0.1, -0.05) is 32.1 Å². The lowest BCUT2D eigenvalue weighted by Gasteiger charge is -2.32. The molecule has 1 nitrogen and oxygen atoms in total. The van der Waals surface area contributed by atoms with E-state index in [0.717, 1.165) is 29.7 Å². The van der Waals surface area contributed by atoms with Crippen molar-refractivity contribution in [3.05, 3.63) is 0 Å². The average Bonchev–Trinajstić information content (AvgIpc) is 3.02. The van der Waals surface area contributed by atoms with Crippen molar-refractivity contribution in [1.82, 2.24) is 5.32 Å². The molecule has 3 aliphatic rings. The Morgan fingerprint density at radius 3 is 2.44 bits per heavy atom. The van der Waals surface area contributed by atoms with Gasteiger partial charge in [-0.2, -0.15) is 0 Å². The van der Waals surface area contributed by atoms with Crippen LogP contribution in [0.4, 0.5) is 0 Å². The zero-order chi connectivity index (χ0) is 11.0. The number of fused-ring (bicyclic) bond motifs is 2. The topological polar surface area (TPSA) is 12.0 Å². The van der Waals surface area contributed by atoms with Crippen molar-refractivity contribution in [3.8, 4) is 0 Å². The Morgan fingerprint density at radius 2 is 1.88 bits per heavy atom. The summed E-state index contributed by atoms with van der Waals surface area (Å²) in [5, 5.41) is 3.66. The van der Waals surface area contributed by atoms with Crippen LogP contribution in [-0.4, -0.2) is 13.1 Å². The number of rotatable bonds is 4. The first-order chi connectivity index (χ1) is 7.86. The molecule has 3 saturated carbocycles. The Morgan fingerprint density at radius 1 is 1.06 bits per heavy atom. The third kappa shape index (κ3) is 2.03. The molecule has 0 saturated heterocycles. The van der Waals surface area contributed by atoms with E-state index in [0.29, 0.717) is 0 Å². The second-order valence-electron chi connectivity index (χ2n) is 6.62. The van der Waals surface area contributed by atoms with Crippen molar-refractivity contribution in [1.29, 1.82) is 0 Å². The summed E-state index contributed by atoms with van der Waals surface area (Å²) in [6, 6.07) is 0.846. The maximum atomic E-state index is 3.66. The summed E-state index contributed by atoms with van der Waals surface area (Å²) in [5.74, 6) is 4.28. The molecule has 2 bridgehead atoms. The van der Waals surface area contributed by atoms with Crippen LogP contribution in [0.5, 0.6) is 0 Å². The highest BCUT2D eigenvalue weighted by Gasteiger charge is 2.43. The minimum absolute atomic E-state index is 0.846. The minimum Gasteiger partial charge on any atom is -0.317 e. The standard InChI is InChI=1S/C15H27N/c1-16-15(10-11-4-2-3-5-11)14-9-12-6-7-13(14)8-12/h11-16H,2-10H2,1H3. The summed E-state index contributed by atoms with van der Waals surface area (Å²) < 4.78 is 0. The lowest BCUT2D eigenvalue weighted by Crippen LogP contribution is -2.37. The Balaban J connectivity index is 1.57. The molecule has 0 heterocycles. The van der Waals surface area contributed by atoms with E-state index in [4.69, 9.17) is 0 Å². The van der Waals surface area contributed by atoms with Crippen LogP contribution >= 0.6 is 0 Å². The minimum atomic E-state index is 0.846. The van der Waals surface area contributed by atoms with E-state index in [2.05, 4.69) is 12.4 Å². The van der Waals surface area contributed by atoms with E-state index in [9.17, 15) is 0 Å². The van der Waals surface area contributed by atoms with E-state index >= 15 is 0 Å². The van der Waals surface area contributed by atoms with Gasteiger partial charge < -0.3 is 5.32 Å². The predicted molar refractivity (Wildman–Crippen MR) is 68.4 cm³/mol. The second kappa shape index (κ2) is 4.68. The first kappa shape index (κ1) is 11.1. The van der Waals surface area contributed by atoms with E-state index in [1.807, 2.05) is 0 Å². The SMILES string of the molecule is CNC(CC1CCCC1)C1CC2CCC1C2. The summed E-state index contributed by atoms with van der Waals surface area (Å²) in [6.07, 6.45) is 13.7. The summed E-state index contributed by atoms with van der Waals surface area (Å²) in [4.78, 5) is 0. The highest BCUT2D eigenvalue weighted by Crippen LogP contribution is 2.50. The van der Waals surface area contributed by atoms with Gasteiger partial charge in [0, 0.05) is 6.04 Å². The molecule has 0 aromatic carbocycles. The van der Waals surface area contributed by atoms with Gasteiger partial charge in [0.15, 0.2) is 0 Å².